The molecule has 39 heavy (non-hydrogen) atoms. The van der Waals surface area contributed by atoms with E-state index in [1.165, 1.54) is 22.3 Å². The Morgan fingerprint density at radius 2 is 1.41 bits per heavy atom. The number of benzene rings is 3. The zero-order valence-corrected chi connectivity index (χ0v) is 24.8. The van der Waals surface area contributed by atoms with Gasteiger partial charge in [0.05, 0.1) is 0 Å². The molecule has 0 radical (unpaired) electrons. The highest BCUT2D eigenvalue weighted by Crippen LogP contribution is 2.34. The second-order valence-corrected chi connectivity index (χ2v) is 12.2. The molecule has 0 amide bonds. The molecule has 3 rings (SSSR count). The number of hydrogen-bond acceptors (Lipinski definition) is 3. The maximum Gasteiger partial charge on any atom is 0.333 e. The molecule has 0 heterocycles. The maximum absolute atomic E-state index is 11.3. The molecule has 0 fully saturated rings. The van der Waals surface area contributed by atoms with Gasteiger partial charge in [0, 0.05) is 13.0 Å². The first-order valence-corrected chi connectivity index (χ1v) is 13.8. The summed E-state index contributed by atoms with van der Waals surface area (Å²) in [5.74, 6) is -0.200. The van der Waals surface area contributed by atoms with Crippen molar-refractivity contribution in [2.75, 3.05) is 13.2 Å². The number of allylic oxidation sites excluding steroid dienone is 1. The molecule has 0 aliphatic carbocycles. The first-order chi connectivity index (χ1) is 18.3. The van der Waals surface area contributed by atoms with Crippen molar-refractivity contribution < 1.29 is 19.4 Å². The van der Waals surface area contributed by atoms with Gasteiger partial charge in [-0.05, 0) is 81.8 Å². The van der Waals surface area contributed by atoms with Crippen LogP contribution in [0.2, 0.25) is 0 Å². The fourth-order valence-electron chi connectivity index (χ4n) is 4.32. The van der Waals surface area contributed by atoms with Crippen LogP contribution in [0.3, 0.4) is 0 Å². The predicted molar refractivity (Wildman–Crippen MR) is 162 cm³/mol. The van der Waals surface area contributed by atoms with Crippen molar-refractivity contribution in [3.8, 4) is 16.9 Å². The first kappa shape index (κ1) is 30.2. The summed E-state index contributed by atoms with van der Waals surface area (Å²) in [6, 6.07) is 23.3. The molecule has 4 nitrogen and oxygen atoms in total. The summed E-state index contributed by atoms with van der Waals surface area (Å²) in [7, 11) is 0. The molecular weight excluding hydrogens is 484 g/mol. The van der Waals surface area contributed by atoms with Crippen molar-refractivity contribution >= 4 is 11.5 Å². The second-order valence-electron chi connectivity index (χ2n) is 12.2. The van der Waals surface area contributed by atoms with Gasteiger partial charge in [-0.15, -0.1) is 0 Å². The van der Waals surface area contributed by atoms with Crippen molar-refractivity contribution in [1.82, 2.24) is 0 Å². The summed E-state index contributed by atoms with van der Waals surface area (Å²) in [6.07, 6.45) is 1.58. The lowest BCUT2D eigenvalue weighted by molar-refractivity contribution is -0.149. The Kier molecular flexibility index (Phi) is 9.79. The van der Waals surface area contributed by atoms with Crippen molar-refractivity contribution in [2.24, 2.45) is 0 Å². The van der Waals surface area contributed by atoms with Crippen molar-refractivity contribution in [3.05, 3.63) is 95.1 Å². The van der Waals surface area contributed by atoms with Gasteiger partial charge < -0.3 is 14.6 Å². The fraction of sp³-hybridized carbons (Fsp3) is 0.400. The van der Waals surface area contributed by atoms with Crippen LogP contribution in [0.4, 0.5) is 0 Å². The molecule has 0 saturated heterocycles. The molecule has 4 heteroatoms. The van der Waals surface area contributed by atoms with Crippen LogP contribution in [0.25, 0.3) is 16.7 Å². The van der Waals surface area contributed by atoms with Crippen molar-refractivity contribution in [1.29, 1.82) is 0 Å². The quantitative estimate of drug-likeness (QED) is 0.287. The Morgan fingerprint density at radius 3 is 1.90 bits per heavy atom. The SMILES string of the molecule is CCO[C@@H](Cc1ccc(OCC=C(C)c2ccc(-c3cc(C(C)(C)C)cc(C(C)(C)C)c3)cc2)cc1)C(=O)O. The van der Waals surface area contributed by atoms with Crippen molar-refractivity contribution in [2.45, 2.75) is 78.7 Å². The van der Waals surface area contributed by atoms with E-state index in [-0.39, 0.29) is 10.8 Å². The molecule has 0 saturated carbocycles. The van der Waals surface area contributed by atoms with E-state index < -0.39 is 12.1 Å². The van der Waals surface area contributed by atoms with Gasteiger partial charge in [-0.25, -0.2) is 4.79 Å². The Bertz CT molecular complexity index is 1240. The largest absolute Gasteiger partial charge is 0.490 e. The molecule has 0 unspecified atom stereocenters. The zero-order valence-electron chi connectivity index (χ0n) is 24.8. The topological polar surface area (TPSA) is 55.8 Å². The van der Waals surface area contributed by atoms with Crippen LogP contribution < -0.4 is 4.74 Å². The molecular formula is C35H44O4. The van der Waals surface area contributed by atoms with E-state index >= 15 is 0 Å². The summed E-state index contributed by atoms with van der Waals surface area (Å²) in [6.45, 7) is 18.3. The summed E-state index contributed by atoms with van der Waals surface area (Å²) < 4.78 is 11.2. The maximum atomic E-state index is 11.3. The molecule has 208 valence electrons. The van der Waals surface area contributed by atoms with Crippen LogP contribution in [0.15, 0.2) is 72.8 Å². The summed E-state index contributed by atoms with van der Waals surface area (Å²) >= 11 is 0. The smallest absolute Gasteiger partial charge is 0.333 e. The van der Waals surface area contributed by atoms with E-state index in [1.807, 2.05) is 24.3 Å². The molecule has 3 aromatic rings. The highest BCUT2D eigenvalue weighted by Gasteiger charge is 2.21. The monoisotopic (exact) mass is 528 g/mol. The van der Waals surface area contributed by atoms with Gasteiger partial charge in [0.2, 0.25) is 0 Å². The number of carboxylic acids is 1. The number of ether oxygens (including phenoxy) is 2. The van der Waals surface area contributed by atoms with Crippen LogP contribution in [0.1, 0.15) is 77.6 Å². The Morgan fingerprint density at radius 1 is 0.846 bits per heavy atom. The third-order valence-electron chi connectivity index (χ3n) is 6.97. The second kappa shape index (κ2) is 12.7. The first-order valence-electron chi connectivity index (χ1n) is 13.8. The van der Waals surface area contributed by atoms with Crippen LogP contribution in [-0.2, 0) is 26.8 Å². The number of hydrogen-bond donors (Lipinski definition) is 1. The van der Waals surface area contributed by atoms with Crippen LogP contribution in [0.5, 0.6) is 5.75 Å². The lowest BCUT2D eigenvalue weighted by Crippen LogP contribution is -2.26. The van der Waals surface area contributed by atoms with Gasteiger partial charge in [-0.3, -0.25) is 0 Å². The summed E-state index contributed by atoms with van der Waals surface area (Å²) in [5.41, 5.74) is 8.56. The van der Waals surface area contributed by atoms with Gasteiger partial charge >= 0.3 is 5.97 Å². The van der Waals surface area contributed by atoms with Gasteiger partial charge in [0.15, 0.2) is 6.10 Å². The third kappa shape index (κ3) is 8.56. The van der Waals surface area contributed by atoms with E-state index in [0.717, 1.165) is 22.4 Å². The van der Waals surface area contributed by atoms with Crippen LogP contribution in [-0.4, -0.2) is 30.4 Å². The molecule has 0 aromatic heterocycles. The Hall–Kier alpha value is -3.37. The zero-order chi connectivity index (χ0) is 28.8. The normalized spacial score (nSPS) is 13.3. The lowest BCUT2D eigenvalue weighted by atomic mass is 9.79. The predicted octanol–water partition coefficient (Wildman–Crippen LogP) is 8.46. The van der Waals surface area contributed by atoms with E-state index in [4.69, 9.17) is 9.47 Å². The average Bonchev–Trinajstić information content (AvgIpc) is 2.88. The molecule has 0 spiro atoms. The highest BCUT2D eigenvalue weighted by molar-refractivity contribution is 5.73. The molecule has 0 bridgehead atoms. The average molecular weight is 529 g/mol. The van der Waals surface area contributed by atoms with E-state index in [0.29, 0.717) is 19.6 Å². The van der Waals surface area contributed by atoms with Gasteiger partial charge in [0.25, 0.3) is 0 Å². The minimum Gasteiger partial charge on any atom is -0.490 e. The number of carbonyl (C=O) groups is 1. The molecule has 0 aliphatic rings. The van der Waals surface area contributed by atoms with E-state index in [2.05, 4.69) is 97.0 Å². The standard InChI is InChI=1S/C35H44O4/c1-9-38-32(33(36)37)20-25-10-16-31(17-11-25)39-19-18-24(2)26-12-14-27(15-13-26)28-21-29(34(3,4)5)23-30(22-28)35(6,7)8/h10-18,21-23,32H,9,19-20H2,1-8H3,(H,36,37)/t32-/m0/s1. The van der Waals surface area contributed by atoms with Crippen molar-refractivity contribution in [3.63, 3.8) is 0 Å². The van der Waals surface area contributed by atoms with Crippen LogP contribution >= 0.6 is 0 Å². The molecule has 0 aliphatic heterocycles. The molecule has 1 N–H and O–H groups in total. The summed E-state index contributed by atoms with van der Waals surface area (Å²) in [5, 5.41) is 9.28. The van der Waals surface area contributed by atoms with Gasteiger partial charge in [0.1, 0.15) is 12.4 Å². The third-order valence-corrected chi connectivity index (χ3v) is 6.97. The Balaban J connectivity index is 1.67. The minimum absolute atomic E-state index is 0.0833. The molecule has 3 aromatic carbocycles. The number of aliphatic carboxylic acids is 1. The lowest BCUT2D eigenvalue weighted by Gasteiger charge is -2.26. The van der Waals surface area contributed by atoms with E-state index in [9.17, 15) is 9.90 Å². The number of rotatable bonds is 10. The highest BCUT2D eigenvalue weighted by atomic mass is 16.5. The Labute approximate surface area is 234 Å². The summed E-state index contributed by atoms with van der Waals surface area (Å²) in [4.78, 5) is 11.3. The molecule has 1 atom stereocenters. The minimum atomic E-state index is -0.945. The fourth-order valence-corrected chi connectivity index (χ4v) is 4.32. The van der Waals surface area contributed by atoms with Gasteiger partial charge in [-0.2, -0.15) is 0 Å². The van der Waals surface area contributed by atoms with Gasteiger partial charge in [-0.1, -0.05) is 96.1 Å². The van der Waals surface area contributed by atoms with Crippen LogP contribution in [0, 0.1) is 0 Å². The van der Waals surface area contributed by atoms with E-state index in [1.54, 1.807) is 6.92 Å². The number of carboxylic acid groups (broad SMARTS) is 1.